The van der Waals surface area contributed by atoms with Crippen molar-refractivity contribution in [2.45, 2.75) is 31.0 Å². The Morgan fingerprint density at radius 3 is 2.31 bits per heavy atom. The third-order valence-electron chi connectivity index (χ3n) is 5.25. The smallest absolute Gasteiger partial charge is 0.319 e. The van der Waals surface area contributed by atoms with Crippen LogP contribution in [0.1, 0.15) is 16.8 Å². The van der Waals surface area contributed by atoms with Crippen molar-refractivity contribution in [3.63, 3.8) is 0 Å². The highest BCUT2D eigenvalue weighted by atomic mass is 35.5. The van der Waals surface area contributed by atoms with Crippen LogP contribution in [0.15, 0.2) is 42.5 Å². The summed E-state index contributed by atoms with van der Waals surface area (Å²) in [5.74, 6) is -0.907. The maximum atomic E-state index is 12.7. The Morgan fingerprint density at radius 1 is 1.14 bits per heavy atom. The highest BCUT2D eigenvalue weighted by Gasteiger charge is 2.39. The van der Waals surface area contributed by atoms with Gasteiger partial charge in [-0.05, 0) is 24.3 Å². The van der Waals surface area contributed by atoms with E-state index in [4.69, 9.17) is 21.1 Å². The number of nitrogens with one attached hydrogen (secondary N) is 3. The number of carbonyl (C=O) groups is 2. The van der Waals surface area contributed by atoms with Crippen LogP contribution < -0.4 is 16.0 Å². The molecule has 1 aliphatic rings. The Hall–Kier alpha value is -3.85. The summed E-state index contributed by atoms with van der Waals surface area (Å²) in [6, 6.07) is 7.33. The summed E-state index contributed by atoms with van der Waals surface area (Å²) in [6.07, 6.45) is -3.00. The lowest BCUT2D eigenvalue weighted by atomic mass is 9.99. The van der Waals surface area contributed by atoms with Gasteiger partial charge in [-0.1, -0.05) is 11.6 Å². The zero-order valence-corrected chi connectivity index (χ0v) is 19.5. The van der Waals surface area contributed by atoms with Gasteiger partial charge < -0.3 is 30.5 Å². The summed E-state index contributed by atoms with van der Waals surface area (Å²) < 4.78 is 10.9. The zero-order valence-electron chi connectivity index (χ0n) is 18.8. The number of non-ortho nitro benzene ring substituents is 2. The molecule has 1 heterocycles. The molecule has 192 valence electrons. The third kappa shape index (κ3) is 6.85. The van der Waals surface area contributed by atoms with Crippen molar-refractivity contribution in [3.8, 4) is 0 Å². The van der Waals surface area contributed by atoms with E-state index < -0.39 is 57.7 Å². The Balaban J connectivity index is 1.61. The number of nitro groups is 2. The minimum absolute atomic E-state index is 0.00111. The molecule has 15 heteroatoms. The number of halogens is 1. The molecule has 0 saturated carbocycles. The average molecular weight is 524 g/mol. The first kappa shape index (κ1) is 26.7. The number of benzene rings is 2. The minimum atomic E-state index is -1.19. The number of rotatable bonds is 8. The third-order valence-corrected chi connectivity index (χ3v) is 5.50. The van der Waals surface area contributed by atoms with Gasteiger partial charge in [0.25, 0.3) is 17.3 Å². The van der Waals surface area contributed by atoms with Gasteiger partial charge in [-0.15, -0.1) is 0 Å². The summed E-state index contributed by atoms with van der Waals surface area (Å²) in [4.78, 5) is 45.3. The maximum absolute atomic E-state index is 12.7. The predicted octanol–water partition coefficient (Wildman–Crippen LogP) is 2.20. The topological polar surface area (TPSA) is 195 Å². The van der Waals surface area contributed by atoms with E-state index in [1.54, 1.807) is 24.3 Å². The van der Waals surface area contributed by atoms with Crippen LogP contribution in [0.25, 0.3) is 0 Å². The van der Waals surface area contributed by atoms with Gasteiger partial charge in [0.1, 0.15) is 6.04 Å². The van der Waals surface area contributed by atoms with Gasteiger partial charge in [0.15, 0.2) is 6.29 Å². The average Bonchev–Trinajstić information content (AvgIpc) is 2.85. The molecule has 2 aromatic rings. The number of hydrogen-bond donors (Lipinski definition) is 4. The Bertz CT molecular complexity index is 1110. The van der Waals surface area contributed by atoms with Crippen molar-refractivity contribution in [1.29, 1.82) is 0 Å². The van der Waals surface area contributed by atoms with Gasteiger partial charge in [0.05, 0.1) is 33.7 Å². The molecule has 36 heavy (non-hydrogen) atoms. The van der Waals surface area contributed by atoms with E-state index in [0.717, 1.165) is 18.2 Å². The molecule has 4 N–H and O–H groups in total. The monoisotopic (exact) mass is 523 g/mol. The molecule has 0 aromatic heterocycles. The van der Waals surface area contributed by atoms with E-state index in [1.165, 1.54) is 7.11 Å². The molecule has 2 aromatic carbocycles. The SMILES string of the molecule is COC1O[C@H](CNC(=O)Nc2ccc(Cl)cc2)C[C@H](O)[C@H]1NC(=O)c1cc([N+](=O)[O-])cc([N+](=O)[O-])c1. The minimum Gasteiger partial charge on any atom is -0.391 e. The summed E-state index contributed by atoms with van der Waals surface area (Å²) in [5, 5.41) is 41.0. The van der Waals surface area contributed by atoms with Gasteiger partial charge >= 0.3 is 6.03 Å². The lowest BCUT2D eigenvalue weighted by Gasteiger charge is -2.39. The Labute approximate surface area is 208 Å². The van der Waals surface area contributed by atoms with Crippen LogP contribution in [0.4, 0.5) is 21.9 Å². The van der Waals surface area contributed by atoms with Crippen molar-refractivity contribution in [2.75, 3.05) is 19.0 Å². The molecule has 0 bridgehead atoms. The first-order valence-electron chi connectivity index (χ1n) is 10.5. The van der Waals surface area contributed by atoms with Gasteiger partial charge in [-0.25, -0.2) is 4.79 Å². The van der Waals surface area contributed by atoms with E-state index in [1.807, 2.05) is 0 Å². The standard InChI is InChI=1S/C21H22ClN5O9/c1-35-20-18(25-19(29)11-6-14(26(31)32)8-15(7-11)27(33)34)17(28)9-16(36-20)10-23-21(30)24-13-4-2-12(22)3-5-13/h2-8,16-18,20,28H,9-10H2,1H3,(H,25,29)(H2,23,24,30)/t16-,17-,18+,20?/m0/s1. The molecule has 3 amide bonds. The van der Waals surface area contributed by atoms with Gasteiger partial charge in [0, 0.05) is 42.9 Å². The van der Waals surface area contributed by atoms with Crippen molar-refractivity contribution in [3.05, 3.63) is 73.3 Å². The zero-order chi connectivity index (χ0) is 26.4. The van der Waals surface area contributed by atoms with E-state index >= 15 is 0 Å². The summed E-state index contributed by atoms with van der Waals surface area (Å²) in [7, 11) is 1.28. The second kappa shape index (κ2) is 11.7. The molecule has 0 aliphatic carbocycles. The number of urea groups is 1. The second-order valence-corrected chi connectivity index (χ2v) is 8.20. The van der Waals surface area contributed by atoms with Crippen LogP contribution in [0.3, 0.4) is 0 Å². The van der Waals surface area contributed by atoms with Crippen LogP contribution in [0, 0.1) is 20.2 Å². The fourth-order valence-electron chi connectivity index (χ4n) is 3.51. The van der Waals surface area contributed by atoms with Crippen molar-refractivity contribution >= 4 is 40.6 Å². The van der Waals surface area contributed by atoms with Crippen molar-refractivity contribution in [1.82, 2.24) is 10.6 Å². The second-order valence-electron chi connectivity index (χ2n) is 7.76. The molecule has 0 spiro atoms. The predicted molar refractivity (Wildman–Crippen MR) is 126 cm³/mol. The number of aliphatic hydroxyl groups excluding tert-OH is 1. The number of anilines is 1. The largest absolute Gasteiger partial charge is 0.391 e. The summed E-state index contributed by atoms with van der Waals surface area (Å²) >= 11 is 5.81. The molecule has 1 saturated heterocycles. The fourth-order valence-corrected chi connectivity index (χ4v) is 3.64. The highest BCUT2D eigenvalue weighted by molar-refractivity contribution is 6.30. The number of aliphatic hydroxyl groups is 1. The molecular weight excluding hydrogens is 502 g/mol. The number of carbonyl (C=O) groups excluding carboxylic acids is 2. The van der Waals surface area contributed by atoms with E-state index in [2.05, 4.69) is 16.0 Å². The summed E-state index contributed by atoms with van der Waals surface area (Å²) in [6.45, 7) is 0.00802. The van der Waals surface area contributed by atoms with Crippen LogP contribution in [-0.4, -0.2) is 65.1 Å². The van der Waals surface area contributed by atoms with E-state index in [9.17, 15) is 34.9 Å². The Morgan fingerprint density at radius 2 is 1.75 bits per heavy atom. The number of amides is 3. The Kier molecular flexibility index (Phi) is 8.71. The van der Waals surface area contributed by atoms with Gasteiger partial charge in [-0.2, -0.15) is 0 Å². The van der Waals surface area contributed by atoms with E-state index in [0.29, 0.717) is 10.7 Å². The molecule has 1 fully saturated rings. The van der Waals surface area contributed by atoms with Crippen LogP contribution in [-0.2, 0) is 9.47 Å². The van der Waals surface area contributed by atoms with Crippen LogP contribution in [0.2, 0.25) is 5.02 Å². The lowest BCUT2D eigenvalue weighted by molar-refractivity contribution is -0.394. The molecule has 4 atom stereocenters. The number of nitro benzene ring substituents is 2. The fraction of sp³-hybridized carbons (Fsp3) is 0.333. The van der Waals surface area contributed by atoms with Crippen LogP contribution >= 0.6 is 11.6 Å². The first-order chi connectivity index (χ1) is 17.1. The lowest BCUT2D eigenvalue weighted by Crippen LogP contribution is -2.59. The number of ether oxygens (including phenoxy) is 2. The van der Waals surface area contributed by atoms with Gasteiger partial charge in [-0.3, -0.25) is 25.0 Å². The highest BCUT2D eigenvalue weighted by Crippen LogP contribution is 2.25. The molecule has 1 unspecified atom stereocenters. The molecular formula is C21H22ClN5O9. The van der Waals surface area contributed by atoms with Crippen LogP contribution in [0.5, 0.6) is 0 Å². The molecule has 1 aliphatic heterocycles. The van der Waals surface area contributed by atoms with Crippen molar-refractivity contribution < 1.29 is 34.0 Å². The number of nitrogens with zero attached hydrogens (tertiary/aromatic N) is 2. The quantitative estimate of drug-likeness (QED) is 0.296. The molecule has 3 rings (SSSR count). The van der Waals surface area contributed by atoms with Crippen molar-refractivity contribution in [2.24, 2.45) is 0 Å². The maximum Gasteiger partial charge on any atom is 0.319 e. The number of hydrogen-bond acceptors (Lipinski definition) is 9. The normalized spacial score (nSPS) is 21.3. The van der Waals surface area contributed by atoms with Gasteiger partial charge in [0.2, 0.25) is 0 Å². The number of methoxy groups -OCH3 is 1. The molecule has 14 nitrogen and oxygen atoms in total. The van der Waals surface area contributed by atoms with E-state index in [-0.39, 0.29) is 18.5 Å². The summed E-state index contributed by atoms with van der Waals surface area (Å²) in [5.41, 5.74) is -1.11. The first-order valence-corrected chi connectivity index (χ1v) is 10.9. The molecule has 0 radical (unpaired) electrons.